The molecule has 1 amide bonds. The van der Waals surface area contributed by atoms with Crippen LogP contribution in [0.5, 0.6) is 0 Å². The second kappa shape index (κ2) is 7.48. The van der Waals surface area contributed by atoms with E-state index < -0.39 is 0 Å². The van der Waals surface area contributed by atoms with Crippen molar-refractivity contribution in [2.45, 2.75) is 13.3 Å². The smallest absolute Gasteiger partial charge is 0.270 e. The van der Waals surface area contributed by atoms with Crippen LogP contribution in [0.25, 0.3) is 10.8 Å². The molecule has 1 heterocycles. The third-order valence-electron chi connectivity index (χ3n) is 3.76. The fourth-order valence-electron chi connectivity index (χ4n) is 2.49. The van der Waals surface area contributed by atoms with Crippen LogP contribution in [0, 0.1) is 0 Å². The second-order valence-electron chi connectivity index (χ2n) is 5.52. The number of fused-ring (bicyclic) bond motifs is 1. The maximum Gasteiger partial charge on any atom is 0.270 e. The Kier molecular flexibility index (Phi) is 4.94. The normalized spacial score (nSPS) is 10.4. The highest BCUT2D eigenvalue weighted by Gasteiger charge is 2.12. The van der Waals surface area contributed by atoms with Gasteiger partial charge in [-0.3, -0.25) is 15.6 Å². The first-order chi connectivity index (χ1) is 12.2. The van der Waals surface area contributed by atoms with E-state index in [0.717, 1.165) is 23.7 Å². The molecule has 3 aromatic rings. The third kappa shape index (κ3) is 3.60. The molecule has 0 radical (unpaired) electrons. The molecule has 2 aromatic carbocycles. The van der Waals surface area contributed by atoms with Crippen molar-refractivity contribution in [2.24, 2.45) is 0 Å². The monoisotopic (exact) mass is 336 g/mol. The Morgan fingerprint density at radius 2 is 1.84 bits per heavy atom. The van der Waals surface area contributed by atoms with E-state index in [1.165, 1.54) is 6.33 Å². The average molecular weight is 336 g/mol. The van der Waals surface area contributed by atoms with Gasteiger partial charge in [-0.25, -0.2) is 9.97 Å². The van der Waals surface area contributed by atoms with Crippen molar-refractivity contribution < 1.29 is 4.79 Å². The average Bonchev–Trinajstić information content (AvgIpc) is 2.65. The molecule has 7 heteroatoms. The lowest BCUT2D eigenvalue weighted by molar-refractivity contribution is 0.0964. The molecule has 0 atom stereocenters. The molecule has 0 aliphatic heterocycles. The number of carbonyl (C=O) groups is 1. The zero-order chi connectivity index (χ0) is 17.6. The number of benzene rings is 2. The standard InChI is InChI=1S/C18H20N6O/c1-2-10-20-16-15(19)17(22-11-21-16)23-24-18(25)14-9-5-7-12-6-3-4-8-13(12)14/h3-9,11H,2,10,19H2,1H3,(H,24,25)(H2,20,21,22,23). The van der Waals surface area contributed by atoms with Crippen LogP contribution in [0.15, 0.2) is 48.8 Å². The molecule has 7 nitrogen and oxygen atoms in total. The van der Waals surface area contributed by atoms with Crippen LogP contribution in [0.2, 0.25) is 0 Å². The first-order valence-electron chi connectivity index (χ1n) is 8.09. The SMILES string of the molecule is CCCNc1ncnc(NNC(=O)c2cccc3ccccc23)c1N. The van der Waals surface area contributed by atoms with E-state index in [1.54, 1.807) is 6.07 Å². The van der Waals surface area contributed by atoms with Gasteiger partial charge < -0.3 is 11.1 Å². The van der Waals surface area contributed by atoms with Crippen LogP contribution in [0.3, 0.4) is 0 Å². The Morgan fingerprint density at radius 1 is 1.08 bits per heavy atom. The van der Waals surface area contributed by atoms with Crippen LogP contribution >= 0.6 is 0 Å². The Balaban J connectivity index is 1.76. The lowest BCUT2D eigenvalue weighted by atomic mass is 10.0. The molecule has 128 valence electrons. The van der Waals surface area contributed by atoms with Gasteiger partial charge in [0.05, 0.1) is 0 Å². The molecule has 0 bridgehead atoms. The molecule has 3 rings (SSSR count). The largest absolute Gasteiger partial charge is 0.393 e. The molecule has 0 saturated carbocycles. The van der Waals surface area contributed by atoms with Gasteiger partial charge in [0, 0.05) is 12.1 Å². The zero-order valence-corrected chi connectivity index (χ0v) is 13.9. The fourth-order valence-corrected chi connectivity index (χ4v) is 2.49. The van der Waals surface area contributed by atoms with E-state index in [4.69, 9.17) is 5.73 Å². The highest BCUT2D eigenvalue weighted by Crippen LogP contribution is 2.22. The Hall–Kier alpha value is -3.35. The van der Waals surface area contributed by atoms with Gasteiger partial charge in [-0.1, -0.05) is 43.3 Å². The zero-order valence-electron chi connectivity index (χ0n) is 13.9. The third-order valence-corrected chi connectivity index (χ3v) is 3.76. The Morgan fingerprint density at radius 3 is 2.68 bits per heavy atom. The Labute approximate surface area is 145 Å². The van der Waals surface area contributed by atoms with Gasteiger partial charge in [0.25, 0.3) is 5.91 Å². The van der Waals surface area contributed by atoms with Crippen molar-refractivity contribution in [3.05, 3.63) is 54.4 Å². The maximum atomic E-state index is 12.5. The number of nitrogens with zero attached hydrogens (tertiary/aromatic N) is 2. The summed E-state index contributed by atoms with van der Waals surface area (Å²) >= 11 is 0. The minimum atomic E-state index is -0.266. The Bertz CT molecular complexity index is 890. The summed E-state index contributed by atoms with van der Waals surface area (Å²) in [6.07, 6.45) is 2.34. The number of hydrogen-bond donors (Lipinski definition) is 4. The number of carbonyl (C=O) groups excluding carboxylic acids is 1. The first kappa shape index (κ1) is 16.5. The van der Waals surface area contributed by atoms with E-state index in [1.807, 2.05) is 43.3 Å². The number of aromatic nitrogens is 2. The highest BCUT2D eigenvalue weighted by molar-refractivity contribution is 6.07. The van der Waals surface area contributed by atoms with Crippen molar-refractivity contribution in [3.63, 3.8) is 0 Å². The van der Waals surface area contributed by atoms with E-state index in [-0.39, 0.29) is 5.91 Å². The van der Waals surface area contributed by atoms with Gasteiger partial charge in [-0.15, -0.1) is 0 Å². The summed E-state index contributed by atoms with van der Waals surface area (Å²) in [6, 6.07) is 13.3. The quantitative estimate of drug-likeness (QED) is 0.516. The van der Waals surface area contributed by atoms with Gasteiger partial charge in [0.15, 0.2) is 11.6 Å². The summed E-state index contributed by atoms with van der Waals surface area (Å²) in [7, 11) is 0. The molecular formula is C18H20N6O. The van der Waals surface area contributed by atoms with Crippen LogP contribution in [-0.4, -0.2) is 22.4 Å². The number of nitrogens with two attached hydrogens (primary N) is 1. The molecule has 0 fully saturated rings. The molecule has 0 spiro atoms. The minimum Gasteiger partial charge on any atom is -0.393 e. The lowest BCUT2D eigenvalue weighted by Crippen LogP contribution is -2.30. The summed E-state index contributed by atoms with van der Waals surface area (Å²) in [5, 5.41) is 5.00. The predicted octanol–water partition coefficient (Wildman–Crippen LogP) is 2.79. The highest BCUT2D eigenvalue weighted by atomic mass is 16.2. The van der Waals surface area contributed by atoms with Crippen molar-refractivity contribution in [1.29, 1.82) is 0 Å². The van der Waals surface area contributed by atoms with Gasteiger partial charge >= 0.3 is 0 Å². The number of amides is 1. The maximum absolute atomic E-state index is 12.5. The van der Waals surface area contributed by atoms with Gasteiger partial charge in [0.1, 0.15) is 12.0 Å². The van der Waals surface area contributed by atoms with Crippen molar-refractivity contribution in [1.82, 2.24) is 15.4 Å². The number of nitrogen functional groups attached to an aromatic ring is 1. The van der Waals surface area contributed by atoms with Gasteiger partial charge in [-0.2, -0.15) is 0 Å². The van der Waals surface area contributed by atoms with Crippen molar-refractivity contribution >= 4 is 34.0 Å². The van der Waals surface area contributed by atoms with Crippen LogP contribution in [-0.2, 0) is 0 Å². The van der Waals surface area contributed by atoms with E-state index in [2.05, 4.69) is 26.1 Å². The summed E-state index contributed by atoms with van der Waals surface area (Å²) in [4.78, 5) is 20.7. The molecule has 0 saturated heterocycles. The van der Waals surface area contributed by atoms with Gasteiger partial charge in [0.2, 0.25) is 0 Å². The predicted molar refractivity (Wildman–Crippen MR) is 100 cm³/mol. The summed E-state index contributed by atoms with van der Waals surface area (Å²) in [5.41, 5.74) is 12.4. The molecule has 0 unspecified atom stereocenters. The van der Waals surface area contributed by atoms with Crippen molar-refractivity contribution in [2.75, 3.05) is 23.0 Å². The van der Waals surface area contributed by atoms with Gasteiger partial charge in [-0.05, 0) is 23.3 Å². The molecule has 25 heavy (non-hydrogen) atoms. The molecule has 0 aliphatic carbocycles. The molecule has 5 N–H and O–H groups in total. The number of rotatable bonds is 6. The first-order valence-corrected chi connectivity index (χ1v) is 8.09. The van der Waals surface area contributed by atoms with Crippen LogP contribution in [0.1, 0.15) is 23.7 Å². The van der Waals surface area contributed by atoms with E-state index >= 15 is 0 Å². The summed E-state index contributed by atoms with van der Waals surface area (Å²) in [5.74, 6) is 0.624. The fraction of sp³-hybridized carbons (Fsp3) is 0.167. The number of hydrogen-bond acceptors (Lipinski definition) is 6. The molecular weight excluding hydrogens is 316 g/mol. The number of nitrogens with one attached hydrogen (secondary N) is 3. The number of anilines is 3. The van der Waals surface area contributed by atoms with Crippen LogP contribution in [0.4, 0.5) is 17.3 Å². The summed E-state index contributed by atoms with van der Waals surface area (Å²) < 4.78 is 0. The van der Waals surface area contributed by atoms with Crippen LogP contribution < -0.4 is 21.9 Å². The summed E-state index contributed by atoms with van der Waals surface area (Å²) in [6.45, 7) is 2.80. The molecule has 0 aliphatic rings. The second-order valence-corrected chi connectivity index (χ2v) is 5.52. The topological polar surface area (TPSA) is 105 Å². The van der Waals surface area contributed by atoms with Crippen molar-refractivity contribution in [3.8, 4) is 0 Å². The minimum absolute atomic E-state index is 0.266. The number of hydrazine groups is 1. The lowest BCUT2D eigenvalue weighted by Gasteiger charge is -2.13. The van der Waals surface area contributed by atoms with E-state index in [0.29, 0.717) is 22.9 Å². The molecule has 1 aromatic heterocycles. The van der Waals surface area contributed by atoms with E-state index in [9.17, 15) is 4.79 Å².